The molecule has 0 radical (unpaired) electrons. The Bertz CT molecular complexity index is 684. The highest BCUT2D eigenvalue weighted by atomic mass is 16.4. The number of carboxylic acid groups (broad SMARTS) is 1. The van der Waals surface area contributed by atoms with Gasteiger partial charge in [-0.05, 0) is 63.0 Å². The first-order valence-corrected chi connectivity index (χ1v) is 9.66. The normalized spacial score (nSPS) is 13.4. The molecule has 0 bridgehead atoms. The lowest BCUT2D eigenvalue weighted by molar-refractivity contribution is 0.0650. The van der Waals surface area contributed by atoms with Crippen LogP contribution >= 0.6 is 0 Å². The minimum atomic E-state index is -1.13. The molecule has 0 saturated carbocycles. The molecule has 0 atom stereocenters. The zero-order chi connectivity index (χ0) is 19.8. The summed E-state index contributed by atoms with van der Waals surface area (Å²) in [6.45, 7) is 8.00. The molecular formula is C20H29N3O4. The van der Waals surface area contributed by atoms with Gasteiger partial charge in [0.15, 0.2) is 0 Å². The first-order valence-electron chi connectivity index (χ1n) is 9.66. The van der Waals surface area contributed by atoms with Gasteiger partial charge in [0.2, 0.25) is 0 Å². The van der Waals surface area contributed by atoms with Crippen molar-refractivity contribution in [3.63, 3.8) is 0 Å². The molecule has 1 aromatic rings. The number of carbonyl (C=O) groups is 3. The Kier molecular flexibility index (Phi) is 7.79. The minimum absolute atomic E-state index is 0.106. The summed E-state index contributed by atoms with van der Waals surface area (Å²) in [6, 6.07) is 4.89. The van der Waals surface area contributed by atoms with Crippen molar-refractivity contribution in [3.8, 4) is 0 Å². The maximum absolute atomic E-state index is 12.6. The van der Waals surface area contributed by atoms with Crippen LogP contribution in [0.2, 0.25) is 0 Å². The highest BCUT2D eigenvalue weighted by molar-refractivity contribution is 6.21. The molecular weight excluding hydrogens is 346 g/mol. The lowest BCUT2D eigenvalue weighted by Gasteiger charge is -2.21. The van der Waals surface area contributed by atoms with E-state index in [1.165, 1.54) is 4.90 Å². The Balaban J connectivity index is 1.90. The fourth-order valence-electron chi connectivity index (χ4n) is 3.40. The van der Waals surface area contributed by atoms with Crippen LogP contribution in [0.15, 0.2) is 18.2 Å². The van der Waals surface area contributed by atoms with Crippen molar-refractivity contribution in [1.82, 2.24) is 15.1 Å². The predicted octanol–water partition coefficient (Wildman–Crippen LogP) is 2.95. The van der Waals surface area contributed by atoms with Crippen molar-refractivity contribution >= 4 is 17.9 Å². The average molecular weight is 375 g/mol. The van der Waals surface area contributed by atoms with Crippen molar-refractivity contribution in [2.75, 3.05) is 26.2 Å². The molecule has 148 valence electrons. The molecule has 2 N–H and O–H groups in total. The lowest BCUT2D eigenvalue weighted by atomic mass is 10.1. The largest absolute Gasteiger partial charge is 0.465 e. The molecule has 0 saturated heterocycles. The van der Waals surface area contributed by atoms with E-state index in [-0.39, 0.29) is 18.4 Å². The van der Waals surface area contributed by atoms with Gasteiger partial charge in [-0.1, -0.05) is 19.9 Å². The Morgan fingerprint density at radius 1 is 1.04 bits per heavy atom. The SMILES string of the molecule is CCCN(CCC)CCCCN1C(=O)c2ccc(CNC(=O)O)cc2C1=O. The number of nitrogens with zero attached hydrogens (tertiary/aromatic N) is 2. The number of nitrogens with one attached hydrogen (secondary N) is 1. The van der Waals surface area contributed by atoms with Crippen LogP contribution in [0.1, 0.15) is 65.8 Å². The van der Waals surface area contributed by atoms with Crippen LogP contribution in [-0.4, -0.2) is 59.0 Å². The number of hydrogen-bond acceptors (Lipinski definition) is 4. The number of carbonyl (C=O) groups excluding carboxylic acids is 2. The fraction of sp³-hybridized carbons (Fsp3) is 0.550. The third-order valence-electron chi connectivity index (χ3n) is 4.66. The van der Waals surface area contributed by atoms with Crippen molar-refractivity contribution in [3.05, 3.63) is 34.9 Å². The van der Waals surface area contributed by atoms with Crippen LogP contribution in [0.25, 0.3) is 0 Å². The van der Waals surface area contributed by atoms with Gasteiger partial charge in [-0.25, -0.2) is 4.79 Å². The Labute approximate surface area is 160 Å². The van der Waals surface area contributed by atoms with Gasteiger partial charge in [0.05, 0.1) is 11.1 Å². The summed E-state index contributed by atoms with van der Waals surface area (Å²) in [5.74, 6) is -0.544. The second-order valence-corrected chi connectivity index (χ2v) is 6.85. The summed E-state index contributed by atoms with van der Waals surface area (Å²) >= 11 is 0. The monoisotopic (exact) mass is 375 g/mol. The minimum Gasteiger partial charge on any atom is -0.465 e. The van der Waals surface area contributed by atoms with E-state index in [1.807, 2.05) is 0 Å². The van der Waals surface area contributed by atoms with Gasteiger partial charge < -0.3 is 15.3 Å². The molecule has 0 spiro atoms. The van der Waals surface area contributed by atoms with E-state index in [1.54, 1.807) is 18.2 Å². The highest BCUT2D eigenvalue weighted by Crippen LogP contribution is 2.24. The van der Waals surface area contributed by atoms with Gasteiger partial charge in [-0.2, -0.15) is 0 Å². The average Bonchev–Trinajstić information content (AvgIpc) is 2.88. The number of imide groups is 1. The summed E-state index contributed by atoms with van der Waals surface area (Å²) in [4.78, 5) is 39.4. The number of amides is 3. The number of benzene rings is 1. The molecule has 1 aliphatic rings. The van der Waals surface area contributed by atoms with Crippen LogP contribution in [0.4, 0.5) is 4.79 Å². The molecule has 7 heteroatoms. The van der Waals surface area contributed by atoms with E-state index >= 15 is 0 Å². The van der Waals surface area contributed by atoms with Gasteiger partial charge in [-0.3, -0.25) is 14.5 Å². The summed E-state index contributed by atoms with van der Waals surface area (Å²) < 4.78 is 0. The molecule has 0 unspecified atom stereocenters. The first-order chi connectivity index (χ1) is 13.0. The molecule has 0 aliphatic carbocycles. The maximum Gasteiger partial charge on any atom is 0.404 e. The van der Waals surface area contributed by atoms with E-state index in [2.05, 4.69) is 24.1 Å². The number of unbranched alkanes of at least 4 members (excludes halogenated alkanes) is 1. The van der Waals surface area contributed by atoms with Gasteiger partial charge in [0.25, 0.3) is 11.8 Å². The molecule has 2 rings (SSSR count). The molecule has 7 nitrogen and oxygen atoms in total. The van der Waals surface area contributed by atoms with Crippen molar-refractivity contribution in [2.45, 2.75) is 46.1 Å². The van der Waals surface area contributed by atoms with Crippen LogP contribution < -0.4 is 5.32 Å². The van der Waals surface area contributed by atoms with Gasteiger partial charge in [0, 0.05) is 13.1 Å². The van der Waals surface area contributed by atoms with Gasteiger partial charge in [-0.15, -0.1) is 0 Å². The fourth-order valence-corrected chi connectivity index (χ4v) is 3.40. The van der Waals surface area contributed by atoms with Crippen LogP contribution in [0.3, 0.4) is 0 Å². The quantitative estimate of drug-likeness (QED) is 0.458. The van der Waals surface area contributed by atoms with E-state index in [4.69, 9.17) is 5.11 Å². The molecule has 1 aliphatic heterocycles. The smallest absolute Gasteiger partial charge is 0.404 e. The van der Waals surface area contributed by atoms with E-state index < -0.39 is 6.09 Å². The number of rotatable bonds is 11. The summed E-state index contributed by atoms with van der Waals surface area (Å²) in [5.41, 5.74) is 1.43. The van der Waals surface area contributed by atoms with Crippen molar-refractivity contribution in [1.29, 1.82) is 0 Å². The summed E-state index contributed by atoms with van der Waals surface area (Å²) in [6.07, 6.45) is 2.85. The van der Waals surface area contributed by atoms with Gasteiger partial charge in [0.1, 0.15) is 0 Å². The third-order valence-corrected chi connectivity index (χ3v) is 4.66. The second kappa shape index (κ2) is 10.1. The predicted molar refractivity (Wildman–Crippen MR) is 103 cm³/mol. The molecule has 3 amide bonds. The topological polar surface area (TPSA) is 89.9 Å². The van der Waals surface area contributed by atoms with E-state index in [9.17, 15) is 14.4 Å². The number of fused-ring (bicyclic) bond motifs is 1. The summed E-state index contributed by atoms with van der Waals surface area (Å²) in [5, 5.41) is 11.0. The number of hydrogen-bond donors (Lipinski definition) is 2. The Morgan fingerprint density at radius 3 is 2.33 bits per heavy atom. The molecule has 0 aromatic heterocycles. The van der Waals surface area contributed by atoms with Gasteiger partial charge >= 0.3 is 6.09 Å². The van der Waals surface area contributed by atoms with Crippen LogP contribution in [0, 0.1) is 0 Å². The molecule has 1 aromatic carbocycles. The van der Waals surface area contributed by atoms with Crippen molar-refractivity contribution < 1.29 is 19.5 Å². The third kappa shape index (κ3) is 5.53. The standard InChI is InChI=1S/C20H29N3O4/c1-3-9-22(10-4-2)11-5-6-12-23-18(24)16-8-7-15(14-21-20(26)27)13-17(16)19(23)25/h7-8,13,21H,3-6,9-12,14H2,1-2H3,(H,26,27). The van der Waals surface area contributed by atoms with E-state index in [0.29, 0.717) is 23.2 Å². The zero-order valence-electron chi connectivity index (χ0n) is 16.2. The Hall–Kier alpha value is -2.41. The lowest BCUT2D eigenvalue weighted by Crippen LogP contribution is -2.32. The van der Waals surface area contributed by atoms with Crippen LogP contribution in [0.5, 0.6) is 0 Å². The molecule has 0 fully saturated rings. The van der Waals surface area contributed by atoms with Crippen molar-refractivity contribution in [2.24, 2.45) is 0 Å². The molecule has 1 heterocycles. The Morgan fingerprint density at radius 2 is 1.70 bits per heavy atom. The first kappa shape index (κ1) is 20.9. The van der Waals surface area contributed by atoms with E-state index in [0.717, 1.165) is 45.3 Å². The second-order valence-electron chi connectivity index (χ2n) is 6.85. The van der Waals surface area contributed by atoms with Crippen LogP contribution in [-0.2, 0) is 6.54 Å². The highest BCUT2D eigenvalue weighted by Gasteiger charge is 2.35. The maximum atomic E-state index is 12.6. The zero-order valence-corrected chi connectivity index (χ0v) is 16.2. The molecule has 27 heavy (non-hydrogen) atoms. The summed E-state index contributed by atoms with van der Waals surface area (Å²) in [7, 11) is 0.